The normalized spacial score (nSPS) is 10.3. The van der Waals surface area contributed by atoms with Crippen molar-refractivity contribution in [3.8, 4) is 0 Å². The predicted molar refractivity (Wildman–Crippen MR) is 128 cm³/mol. The molecule has 0 radical (unpaired) electrons. The molecule has 0 bridgehead atoms. The van der Waals surface area contributed by atoms with Gasteiger partial charge >= 0.3 is 24.2 Å². The van der Waals surface area contributed by atoms with Crippen molar-refractivity contribution in [2.45, 2.75) is 52.4 Å². The zero-order chi connectivity index (χ0) is 27.6. The summed E-state index contributed by atoms with van der Waals surface area (Å²) < 4.78 is 9.54. The van der Waals surface area contributed by atoms with Crippen LogP contribution in [-0.4, -0.2) is 37.5 Å². The van der Waals surface area contributed by atoms with Gasteiger partial charge < -0.3 is 9.47 Å². The third-order valence-electron chi connectivity index (χ3n) is 5.10. The van der Waals surface area contributed by atoms with E-state index in [-0.39, 0.29) is 24.3 Å². The molecule has 0 N–H and O–H groups in total. The zero-order valence-electron chi connectivity index (χ0n) is 21.2. The predicted octanol–water partition coefficient (Wildman–Crippen LogP) is 5.39. The summed E-state index contributed by atoms with van der Waals surface area (Å²) in [4.78, 5) is 63.5. The highest BCUT2D eigenvalue weighted by Gasteiger charge is 2.13. The average molecular weight is 535 g/mol. The van der Waals surface area contributed by atoms with E-state index in [9.17, 15) is 19.2 Å². The molecule has 38 heavy (non-hydrogen) atoms. The summed E-state index contributed by atoms with van der Waals surface area (Å²) >= 11 is 0. The van der Waals surface area contributed by atoms with Gasteiger partial charge in [0.05, 0.1) is 34.4 Å². The van der Waals surface area contributed by atoms with Crippen LogP contribution in [0.1, 0.15) is 71.4 Å². The first-order valence-electron chi connectivity index (χ1n) is 12.0. The van der Waals surface area contributed by atoms with Crippen LogP contribution in [0.4, 0.5) is 9.59 Å². The molecule has 0 aliphatic heterocycles. The minimum absolute atomic E-state index is 0.0396. The van der Waals surface area contributed by atoms with Crippen LogP contribution in [0.25, 0.3) is 0 Å². The second-order valence-corrected chi connectivity index (χ2v) is 7.76. The van der Waals surface area contributed by atoms with Crippen LogP contribution in [0.2, 0.25) is 0 Å². The van der Waals surface area contributed by atoms with Gasteiger partial charge in [0.25, 0.3) is 0 Å². The Morgan fingerprint density at radius 2 is 0.895 bits per heavy atom. The molecule has 0 saturated carbocycles. The van der Waals surface area contributed by atoms with E-state index in [0.29, 0.717) is 25.7 Å². The SMILES string of the molecule is CCc1ccc(C(=O)OOOC(=O)OCCCCCCOC(=O)OOOC(=O)c2ccc(CC)cc2)cc1. The number of hydrogen-bond acceptors (Lipinski definition) is 12. The lowest BCUT2D eigenvalue weighted by molar-refractivity contribution is -0.452. The number of unbranched alkanes of at least 4 members (excludes halogenated alkanes) is 3. The quantitative estimate of drug-likeness (QED) is 0.125. The average Bonchev–Trinajstić information content (AvgIpc) is 2.94. The summed E-state index contributed by atoms with van der Waals surface area (Å²) in [6.07, 6.45) is 1.64. The van der Waals surface area contributed by atoms with Crippen molar-refractivity contribution >= 4 is 24.2 Å². The molecule has 12 heteroatoms. The maximum atomic E-state index is 11.8. The topological polar surface area (TPSA) is 142 Å². The van der Waals surface area contributed by atoms with Crippen LogP contribution < -0.4 is 0 Å². The maximum Gasteiger partial charge on any atom is 0.543 e. The molecule has 0 fully saturated rings. The van der Waals surface area contributed by atoms with Gasteiger partial charge in [0.15, 0.2) is 0 Å². The van der Waals surface area contributed by atoms with E-state index in [0.717, 1.165) is 24.0 Å². The van der Waals surface area contributed by atoms with Gasteiger partial charge in [-0.3, -0.25) is 9.78 Å². The Morgan fingerprint density at radius 1 is 0.526 bits per heavy atom. The summed E-state index contributed by atoms with van der Waals surface area (Å²) in [6.45, 7) is 4.05. The van der Waals surface area contributed by atoms with Crippen molar-refractivity contribution < 1.29 is 58.3 Å². The summed E-state index contributed by atoms with van der Waals surface area (Å²) in [5.41, 5.74) is 2.58. The molecule has 0 atom stereocenters. The first-order valence-corrected chi connectivity index (χ1v) is 12.0. The third kappa shape index (κ3) is 11.7. The number of carbonyl (C=O) groups excluding carboxylic acids is 4. The lowest BCUT2D eigenvalue weighted by atomic mass is 10.1. The van der Waals surface area contributed by atoms with Crippen molar-refractivity contribution in [3.05, 3.63) is 70.8 Å². The van der Waals surface area contributed by atoms with Crippen molar-refractivity contribution in [2.75, 3.05) is 13.2 Å². The molecule has 0 amide bonds. The van der Waals surface area contributed by atoms with Gasteiger partial charge in [-0.25, -0.2) is 29.0 Å². The Balaban J connectivity index is 1.41. The fourth-order valence-electron chi connectivity index (χ4n) is 2.92. The lowest BCUT2D eigenvalue weighted by Gasteiger charge is -2.05. The molecule has 0 aliphatic carbocycles. The van der Waals surface area contributed by atoms with E-state index in [1.54, 1.807) is 48.5 Å². The number of rotatable bonds is 15. The molecule has 206 valence electrons. The van der Waals surface area contributed by atoms with Crippen LogP contribution in [-0.2, 0) is 51.9 Å². The van der Waals surface area contributed by atoms with Crippen molar-refractivity contribution in [3.63, 3.8) is 0 Å². The highest BCUT2D eigenvalue weighted by Crippen LogP contribution is 2.09. The second kappa shape index (κ2) is 17.3. The van der Waals surface area contributed by atoms with Gasteiger partial charge in [0, 0.05) is 0 Å². The van der Waals surface area contributed by atoms with E-state index < -0.39 is 24.2 Å². The highest BCUT2D eigenvalue weighted by molar-refractivity contribution is 5.89. The molecule has 2 rings (SSSR count). The van der Waals surface area contributed by atoms with Gasteiger partial charge in [-0.05, 0) is 73.9 Å². The highest BCUT2D eigenvalue weighted by atomic mass is 17.5. The van der Waals surface area contributed by atoms with E-state index in [1.165, 1.54) is 0 Å². The maximum absolute atomic E-state index is 11.8. The van der Waals surface area contributed by atoms with Gasteiger partial charge in [0.2, 0.25) is 0 Å². The van der Waals surface area contributed by atoms with Crippen LogP contribution in [0.3, 0.4) is 0 Å². The van der Waals surface area contributed by atoms with E-state index in [2.05, 4.69) is 29.6 Å². The number of benzene rings is 2. The van der Waals surface area contributed by atoms with Gasteiger partial charge in [-0.1, -0.05) is 38.1 Å². The largest absolute Gasteiger partial charge is 0.543 e. The molecule has 2 aromatic rings. The summed E-state index contributed by atoms with van der Waals surface area (Å²) in [5, 5.41) is 8.30. The third-order valence-corrected chi connectivity index (χ3v) is 5.10. The molecular weight excluding hydrogens is 504 g/mol. The molecule has 0 aromatic heterocycles. The fourth-order valence-corrected chi connectivity index (χ4v) is 2.92. The Labute approximate surface area is 219 Å². The van der Waals surface area contributed by atoms with E-state index in [4.69, 9.17) is 9.47 Å². The molecule has 12 nitrogen and oxygen atoms in total. The zero-order valence-corrected chi connectivity index (χ0v) is 21.2. The minimum Gasteiger partial charge on any atom is -0.432 e. The Bertz CT molecular complexity index is 934. The molecule has 0 heterocycles. The van der Waals surface area contributed by atoms with Crippen LogP contribution in [0.15, 0.2) is 48.5 Å². The van der Waals surface area contributed by atoms with E-state index in [1.807, 2.05) is 13.8 Å². The van der Waals surface area contributed by atoms with Gasteiger partial charge in [-0.2, -0.15) is 0 Å². The van der Waals surface area contributed by atoms with Crippen molar-refractivity contribution in [1.82, 2.24) is 0 Å². The first kappa shape index (κ1) is 30.1. The fraction of sp³-hybridized carbons (Fsp3) is 0.385. The van der Waals surface area contributed by atoms with Gasteiger partial charge in [0.1, 0.15) is 0 Å². The number of ether oxygens (including phenoxy) is 2. The summed E-state index contributed by atoms with van der Waals surface area (Å²) in [5.74, 6) is -1.64. The smallest absolute Gasteiger partial charge is 0.432 e. The summed E-state index contributed by atoms with van der Waals surface area (Å²) in [7, 11) is 0. The second-order valence-electron chi connectivity index (χ2n) is 7.76. The molecule has 0 spiro atoms. The Morgan fingerprint density at radius 3 is 1.24 bits per heavy atom. The lowest BCUT2D eigenvalue weighted by Crippen LogP contribution is -2.13. The number of aryl methyl sites for hydroxylation is 2. The molecule has 0 unspecified atom stereocenters. The standard InChI is InChI=1S/C26H30O12/c1-3-19-9-13-21(14-10-19)23(27)33-37-35-25(29)31-17-7-5-6-8-18-32-26(30)36-38-34-24(28)22-15-11-20(4-2)12-16-22/h9-16H,3-8,17-18H2,1-2H3. The molecule has 2 aromatic carbocycles. The molecular formula is C26H30O12. The van der Waals surface area contributed by atoms with Crippen molar-refractivity contribution in [2.24, 2.45) is 0 Å². The van der Waals surface area contributed by atoms with Crippen LogP contribution in [0.5, 0.6) is 0 Å². The molecule has 0 saturated heterocycles. The summed E-state index contributed by atoms with van der Waals surface area (Å²) in [6, 6.07) is 13.3. The minimum atomic E-state index is -1.16. The Kier molecular flexibility index (Phi) is 13.7. The number of hydrogen-bond donors (Lipinski definition) is 0. The first-order chi connectivity index (χ1) is 18.4. The van der Waals surface area contributed by atoms with Gasteiger partial charge in [-0.15, -0.1) is 0 Å². The Hall–Kier alpha value is -4.16. The van der Waals surface area contributed by atoms with Crippen molar-refractivity contribution in [1.29, 1.82) is 0 Å². The number of carbonyl (C=O) groups is 4. The van der Waals surface area contributed by atoms with Crippen LogP contribution >= 0.6 is 0 Å². The van der Waals surface area contributed by atoms with Crippen LogP contribution in [0, 0.1) is 0 Å². The monoisotopic (exact) mass is 534 g/mol. The molecule has 0 aliphatic rings. The van der Waals surface area contributed by atoms with E-state index >= 15 is 0 Å².